The van der Waals surface area contributed by atoms with Gasteiger partial charge in [-0.1, -0.05) is 0 Å². The Bertz CT molecular complexity index is 626. The molecule has 2 aliphatic rings. The summed E-state index contributed by atoms with van der Waals surface area (Å²) in [5, 5.41) is 14.1. The molecule has 0 aromatic carbocycles. The molecule has 2 atom stereocenters. The van der Waals surface area contributed by atoms with Crippen LogP contribution < -0.4 is 5.73 Å². The molecule has 1 saturated heterocycles. The van der Waals surface area contributed by atoms with E-state index in [1.54, 1.807) is 0 Å². The zero-order valence-corrected chi connectivity index (χ0v) is 10.4. The van der Waals surface area contributed by atoms with Gasteiger partial charge in [0.2, 0.25) is 0 Å². The van der Waals surface area contributed by atoms with Crippen molar-refractivity contribution in [2.24, 2.45) is 5.73 Å². The van der Waals surface area contributed by atoms with E-state index in [2.05, 4.69) is 9.84 Å². The Morgan fingerprint density at radius 3 is 2.85 bits per heavy atom. The molecule has 3 amide bonds. The van der Waals surface area contributed by atoms with Gasteiger partial charge in [-0.3, -0.25) is 5.21 Å². The van der Waals surface area contributed by atoms with Gasteiger partial charge in [0, 0.05) is 5.56 Å². The molecular weight excluding hydrogens is 270 g/mol. The van der Waals surface area contributed by atoms with Crippen molar-refractivity contribution in [1.82, 2.24) is 19.7 Å². The molecule has 2 bridgehead atoms. The van der Waals surface area contributed by atoms with E-state index in [0.717, 1.165) is 16.7 Å². The molecule has 10 nitrogen and oxygen atoms in total. The number of rotatable bonds is 1. The summed E-state index contributed by atoms with van der Waals surface area (Å²) in [5.74, 6) is -0.739. The number of ether oxygens (including phenoxy) is 1. The number of hydrogen-bond acceptors (Lipinski definition) is 6. The Balaban J connectivity index is 2.22. The van der Waals surface area contributed by atoms with Crippen LogP contribution in [0.4, 0.5) is 9.59 Å². The fraction of sp³-hybridized carbons (Fsp3) is 0.400. The lowest BCUT2D eigenvalue weighted by Crippen LogP contribution is -2.41. The lowest BCUT2D eigenvalue weighted by atomic mass is 9.98. The van der Waals surface area contributed by atoms with Gasteiger partial charge in [-0.15, -0.1) is 0 Å². The number of methoxy groups -OCH3 is 1. The van der Waals surface area contributed by atoms with Gasteiger partial charge in [0.1, 0.15) is 6.04 Å². The first-order valence-electron chi connectivity index (χ1n) is 5.71. The van der Waals surface area contributed by atoms with Crippen molar-refractivity contribution in [1.29, 1.82) is 0 Å². The van der Waals surface area contributed by atoms with E-state index in [4.69, 9.17) is 5.73 Å². The Hall–Kier alpha value is -2.62. The van der Waals surface area contributed by atoms with Crippen molar-refractivity contribution in [2.45, 2.75) is 12.1 Å². The first kappa shape index (κ1) is 12.4. The predicted octanol–water partition coefficient (Wildman–Crippen LogP) is -0.794. The number of nitrogens with zero attached hydrogens (tertiary/aromatic N) is 4. The largest absolute Gasteiger partial charge is 0.467 e. The molecule has 10 heteroatoms. The van der Waals surface area contributed by atoms with Gasteiger partial charge in [-0.2, -0.15) is 14.8 Å². The monoisotopic (exact) mass is 281 g/mol. The van der Waals surface area contributed by atoms with Crippen molar-refractivity contribution < 1.29 is 24.3 Å². The Morgan fingerprint density at radius 1 is 1.55 bits per heavy atom. The van der Waals surface area contributed by atoms with Gasteiger partial charge in [-0.25, -0.2) is 14.4 Å². The van der Waals surface area contributed by atoms with E-state index >= 15 is 0 Å². The van der Waals surface area contributed by atoms with Gasteiger partial charge < -0.3 is 15.4 Å². The van der Waals surface area contributed by atoms with Gasteiger partial charge in [0.25, 0.3) is 0 Å². The number of urea groups is 1. The number of esters is 1. The number of amides is 3. The summed E-state index contributed by atoms with van der Waals surface area (Å²) >= 11 is 0. The zero-order chi connectivity index (χ0) is 14.6. The molecule has 0 saturated carbocycles. The summed E-state index contributed by atoms with van der Waals surface area (Å²) < 4.78 is 5.49. The van der Waals surface area contributed by atoms with Crippen molar-refractivity contribution in [3.05, 3.63) is 17.5 Å². The summed E-state index contributed by atoms with van der Waals surface area (Å²) in [6.45, 7) is 0.104. The smallest absolute Gasteiger partial charge is 0.345 e. The standard InChI is InChI=1S/C10H11N5O5/c1-20-8(16)7-6-4(2-12-14(6)9(11)17)5-3-13(7)10(18)15(5)19/h2,5,7,19H,3H2,1H3,(H2,11,17)/t5-,7+/m1/s1. The number of carbonyl (C=O) groups excluding carboxylic acids is 3. The summed E-state index contributed by atoms with van der Waals surface area (Å²) in [4.78, 5) is 36.3. The van der Waals surface area contributed by atoms with Crippen LogP contribution in [0.5, 0.6) is 0 Å². The van der Waals surface area contributed by atoms with Crippen LogP contribution in [-0.2, 0) is 9.53 Å². The fourth-order valence-corrected chi connectivity index (χ4v) is 2.63. The number of hydroxylamine groups is 2. The number of hydrogen-bond donors (Lipinski definition) is 2. The average Bonchev–Trinajstić information content (AvgIpc) is 2.96. The molecule has 106 valence electrons. The third-order valence-electron chi connectivity index (χ3n) is 3.51. The molecule has 3 N–H and O–H groups in total. The van der Waals surface area contributed by atoms with E-state index in [1.807, 2.05) is 0 Å². The molecule has 1 aromatic heterocycles. The van der Waals surface area contributed by atoms with Crippen LogP contribution in [0, 0.1) is 0 Å². The zero-order valence-electron chi connectivity index (χ0n) is 10.4. The van der Waals surface area contributed by atoms with Crippen LogP contribution in [0.25, 0.3) is 0 Å². The molecule has 1 aromatic rings. The highest BCUT2D eigenvalue weighted by Gasteiger charge is 2.52. The number of fused-ring (bicyclic) bond motifs is 4. The van der Waals surface area contributed by atoms with Gasteiger partial charge >= 0.3 is 18.0 Å². The van der Waals surface area contributed by atoms with Gasteiger partial charge in [0.15, 0.2) is 6.04 Å². The lowest BCUT2D eigenvalue weighted by Gasteiger charge is -2.28. The normalized spacial score (nSPS) is 23.8. The second kappa shape index (κ2) is 3.93. The number of aromatic nitrogens is 2. The second-order valence-corrected chi connectivity index (χ2v) is 4.46. The van der Waals surface area contributed by atoms with Crippen LogP contribution in [0.3, 0.4) is 0 Å². The third kappa shape index (κ3) is 1.36. The highest BCUT2D eigenvalue weighted by molar-refractivity contribution is 5.89. The molecule has 1 fully saturated rings. The minimum absolute atomic E-state index is 0.104. The summed E-state index contributed by atoms with van der Waals surface area (Å²) in [7, 11) is 1.16. The molecule has 2 aliphatic heterocycles. The third-order valence-corrected chi connectivity index (χ3v) is 3.51. The quantitative estimate of drug-likeness (QED) is 0.512. The first-order chi connectivity index (χ1) is 9.47. The molecule has 20 heavy (non-hydrogen) atoms. The van der Waals surface area contributed by atoms with Crippen LogP contribution >= 0.6 is 0 Å². The minimum Gasteiger partial charge on any atom is -0.467 e. The Morgan fingerprint density at radius 2 is 2.25 bits per heavy atom. The number of carbonyl (C=O) groups is 3. The van der Waals surface area contributed by atoms with Gasteiger partial charge in [0.05, 0.1) is 25.5 Å². The minimum atomic E-state index is -1.16. The maximum atomic E-state index is 11.9. The maximum absolute atomic E-state index is 11.9. The van der Waals surface area contributed by atoms with E-state index in [9.17, 15) is 19.6 Å². The van der Waals surface area contributed by atoms with Crippen LogP contribution in [0.1, 0.15) is 23.3 Å². The van der Waals surface area contributed by atoms with E-state index in [1.165, 1.54) is 6.20 Å². The van der Waals surface area contributed by atoms with E-state index < -0.39 is 30.1 Å². The van der Waals surface area contributed by atoms with Gasteiger partial charge in [-0.05, 0) is 0 Å². The van der Waals surface area contributed by atoms with Crippen LogP contribution in [-0.4, -0.2) is 56.6 Å². The fourth-order valence-electron chi connectivity index (χ4n) is 2.63. The maximum Gasteiger partial charge on any atom is 0.345 e. The molecular formula is C10H11N5O5. The molecule has 0 unspecified atom stereocenters. The summed E-state index contributed by atoms with van der Waals surface area (Å²) in [5.41, 5.74) is 5.73. The number of nitrogens with two attached hydrogens (primary N) is 1. The van der Waals surface area contributed by atoms with Crippen molar-refractivity contribution in [2.75, 3.05) is 13.7 Å². The van der Waals surface area contributed by atoms with Crippen molar-refractivity contribution >= 4 is 18.0 Å². The second-order valence-electron chi connectivity index (χ2n) is 4.46. The SMILES string of the molecule is COC(=O)[C@@H]1c2c(cnn2C(N)=O)[C@H]2CN1C(=O)N2O. The molecule has 0 radical (unpaired) electrons. The molecule has 0 aliphatic carbocycles. The van der Waals surface area contributed by atoms with E-state index in [0.29, 0.717) is 10.6 Å². The topological polar surface area (TPSA) is 131 Å². The van der Waals surface area contributed by atoms with Crippen molar-refractivity contribution in [3.8, 4) is 0 Å². The highest BCUT2D eigenvalue weighted by atomic mass is 16.5. The molecule has 3 rings (SSSR count). The van der Waals surface area contributed by atoms with Crippen LogP contribution in [0.15, 0.2) is 6.20 Å². The van der Waals surface area contributed by atoms with Crippen molar-refractivity contribution in [3.63, 3.8) is 0 Å². The Kier molecular flexibility index (Phi) is 2.44. The molecule has 3 heterocycles. The number of primary amides is 1. The Labute approximate surface area is 112 Å². The highest BCUT2D eigenvalue weighted by Crippen LogP contribution is 2.43. The first-order valence-corrected chi connectivity index (χ1v) is 5.71. The predicted molar refractivity (Wildman–Crippen MR) is 60.4 cm³/mol. The molecule has 0 spiro atoms. The summed E-state index contributed by atoms with van der Waals surface area (Å²) in [6.07, 6.45) is 1.31. The van der Waals surface area contributed by atoms with Crippen LogP contribution in [0.2, 0.25) is 0 Å². The summed E-state index contributed by atoms with van der Waals surface area (Å²) in [6, 6.07) is -3.48. The lowest BCUT2D eigenvalue weighted by molar-refractivity contribution is -0.146. The average molecular weight is 281 g/mol. The van der Waals surface area contributed by atoms with E-state index in [-0.39, 0.29) is 12.2 Å².